The van der Waals surface area contributed by atoms with Gasteiger partial charge in [0.15, 0.2) is 5.82 Å². The fourth-order valence-corrected chi connectivity index (χ4v) is 7.64. The van der Waals surface area contributed by atoms with Crippen molar-refractivity contribution in [1.82, 2.24) is 25.1 Å². The van der Waals surface area contributed by atoms with Gasteiger partial charge in [-0.1, -0.05) is 6.92 Å². The van der Waals surface area contributed by atoms with Crippen molar-refractivity contribution >= 4 is 35.0 Å². The average Bonchev–Trinajstić information content (AvgIpc) is 3.87. The summed E-state index contributed by atoms with van der Waals surface area (Å²) in [6.07, 6.45) is 7.83. The zero-order valence-electron chi connectivity index (χ0n) is 28.5. The Morgan fingerprint density at radius 2 is 1.76 bits per heavy atom. The Hall–Kier alpha value is -3.44. The molecule has 2 aliphatic carbocycles. The molecule has 4 aliphatic rings. The molecule has 11 heteroatoms. The standard InChI is InChI=1S/C35H52N8O3/c1-7-29-34(45)40(5)31-23(4)36-35(39-32(31)43(29)22(2)3)38-28-15-10-25(20-30(28)46-6)33(44)37-26-11-13-27(14-12-26)42-18-16-41(17-19-42)21-24-8-9-24/h10,15,20,22,24,26-27,29H,7-9,11-14,16-19,21H2,1-6H3,(H,37,44)(H,36,38,39)/t26?,27?,29-/m0/s1. The first kappa shape index (κ1) is 32.5. The lowest BCUT2D eigenvalue weighted by atomic mass is 9.89. The van der Waals surface area contributed by atoms with Gasteiger partial charge in [0.25, 0.3) is 5.91 Å². The molecule has 250 valence electrons. The number of amides is 2. The lowest BCUT2D eigenvalue weighted by Gasteiger charge is -2.43. The quantitative estimate of drug-likeness (QED) is 0.390. The van der Waals surface area contributed by atoms with Gasteiger partial charge in [-0.15, -0.1) is 0 Å². The fraction of sp³-hybridized carbons (Fsp3) is 0.657. The number of carbonyl (C=O) groups excluding carboxylic acids is 2. The van der Waals surface area contributed by atoms with E-state index in [0.717, 1.165) is 43.1 Å². The number of hydrogen-bond acceptors (Lipinski definition) is 9. The smallest absolute Gasteiger partial charge is 0.251 e. The number of nitrogens with zero attached hydrogens (tertiary/aromatic N) is 6. The van der Waals surface area contributed by atoms with Crippen LogP contribution in [0.5, 0.6) is 5.75 Å². The first-order chi connectivity index (χ1) is 22.2. The van der Waals surface area contributed by atoms with Gasteiger partial charge in [0.1, 0.15) is 17.5 Å². The molecule has 2 aliphatic heterocycles. The minimum atomic E-state index is -0.283. The molecule has 1 saturated heterocycles. The van der Waals surface area contributed by atoms with E-state index < -0.39 is 0 Å². The van der Waals surface area contributed by atoms with E-state index in [-0.39, 0.29) is 29.9 Å². The second-order valence-electron chi connectivity index (χ2n) is 13.9. The Morgan fingerprint density at radius 3 is 2.39 bits per heavy atom. The van der Waals surface area contributed by atoms with Crippen LogP contribution in [0.15, 0.2) is 18.2 Å². The molecule has 1 aromatic carbocycles. The molecule has 0 radical (unpaired) electrons. The van der Waals surface area contributed by atoms with Crippen LogP contribution in [0.1, 0.15) is 81.8 Å². The number of piperazine rings is 1. The third kappa shape index (κ3) is 6.81. The van der Waals surface area contributed by atoms with Gasteiger partial charge in [-0.05, 0) is 89.8 Å². The van der Waals surface area contributed by atoms with Crippen molar-refractivity contribution in [2.75, 3.05) is 62.0 Å². The third-order valence-electron chi connectivity index (χ3n) is 10.4. The first-order valence-corrected chi connectivity index (χ1v) is 17.3. The zero-order chi connectivity index (χ0) is 32.5. The highest BCUT2D eigenvalue weighted by atomic mass is 16.5. The Morgan fingerprint density at radius 1 is 1.04 bits per heavy atom. The van der Waals surface area contributed by atoms with Crippen LogP contribution < -0.4 is 25.2 Å². The Kier molecular flexibility index (Phi) is 9.70. The summed E-state index contributed by atoms with van der Waals surface area (Å²) < 4.78 is 5.71. The van der Waals surface area contributed by atoms with Gasteiger partial charge >= 0.3 is 0 Å². The van der Waals surface area contributed by atoms with Crippen molar-refractivity contribution < 1.29 is 14.3 Å². The number of fused-ring (bicyclic) bond motifs is 1. The van der Waals surface area contributed by atoms with Crippen LogP contribution in [0.2, 0.25) is 0 Å². The minimum absolute atomic E-state index is 0.0529. The molecular formula is C35H52N8O3. The van der Waals surface area contributed by atoms with E-state index in [2.05, 4.69) is 39.2 Å². The van der Waals surface area contributed by atoms with Crippen LogP contribution in [0, 0.1) is 12.8 Å². The van der Waals surface area contributed by atoms with E-state index >= 15 is 0 Å². The molecule has 0 unspecified atom stereocenters. The van der Waals surface area contributed by atoms with Crippen molar-refractivity contribution in [2.24, 2.45) is 5.92 Å². The van der Waals surface area contributed by atoms with Crippen LogP contribution in [-0.2, 0) is 4.79 Å². The summed E-state index contributed by atoms with van der Waals surface area (Å²) in [5.41, 5.74) is 2.67. The van der Waals surface area contributed by atoms with E-state index in [4.69, 9.17) is 14.7 Å². The molecule has 6 rings (SSSR count). The van der Waals surface area contributed by atoms with Gasteiger partial charge in [-0.25, -0.2) is 4.98 Å². The number of benzene rings is 1. The molecule has 1 aromatic heterocycles. The van der Waals surface area contributed by atoms with Crippen LogP contribution in [0.25, 0.3) is 0 Å². The van der Waals surface area contributed by atoms with Crippen LogP contribution in [0.4, 0.5) is 23.1 Å². The third-order valence-corrected chi connectivity index (χ3v) is 10.4. The zero-order valence-corrected chi connectivity index (χ0v) is 28.5. The topological polar surface area (TPSA) is 106 Å². The Labute approximate surface area is 274 Å². The van der Waals surface area contributed by atoms with E-state index in [1.807, 2.05) is 26.0 Å². The van der Waals surface area contributed by atoms with E-state index in [1.165, 1.54) is 45.6 Å². The highest BCUT2D eigenvalue weighted by Gasteiger charge is 2.39. The van der Waals surface area contributed by atoms with Gasteiger partial charge in [-0.2, -0.15) is 4.98 Å². The van der Waals surface area contributed by atoms with Gasteiger partial charge in [-0.3, -0.25) is 14.5 Å². The molecule has 2 amide bonds. The number of rotatable bonds is 10. The largest absolute Gasteiger partial charge is 0.495 e. The van der Waals surface area contributed by atoms with Gasteiger partial charge in [0.05, 0.1) is 18.5 Å². The molecule has 2 aromatic rings. The van der Waals surface area contributed by atoms with Crippen LogP contribution in [0.3, 0.4) is 0 Å². The lowest BCUT2D eigenvalue weighted by molar-refractivity contribution is -0.120. The Balaban J connectivity index is 1.08. The summed E-state index contributed by atoms with van der Waals surface area (Å²) in [6, 6.07) is 6.06. The monoisotopic (exact) mass is 632 g/mol. The number of aryl methyl sites for hydroxylation is 1. The fourth-order valence-electron chi connectivity index (χ4n) is 7.64. The summed E-state index contributed by atoms with van der Waals surface area (Å²) in [5.74, 6) is 2.63. The minimum Gasteiger partial charge on any atom is -0.495 e. The molecule has 2 saturated carbocycles. The molecular weight excluding hydrogens is 580 g/mol. The summed E-state index contributed by atoms with van der Waals surface area (Å²) in [7, 11) is 3.39. The van der Waals surface area contributed by atoms with Gasteiger partial charge in [0.2, 0.25) is 11.9 Å². The number of hydrogen-bond donors (Lipinski definition) is 2. The number of carbonyl (C=O) groups is 2. The molecule has 11 nitrogen and oxygen atoms in total. The van der Waals surface area contributed by atoms with E-state index in [0.29, 0.717) is 41.1 Å². The predicted octanol–water partition coefficient (Wildman–Crippen LogP) is 4.58. The van der Waals surface area contributed by atoms with Crippen molar-refractivity contribution in [2.45, 2.75) is 96.8 Å². The lowest BCUT2D eigenvalue weighted by Crippen LogP contribution is -2.55. The average molecular weight is 633 g/mol. The summed E-state index contributed by atoms with van der Waals surface area (Å²) in [4.78, 5) is 45.2. The number of aromatic nitrogens is 2. The van der Waals surface area contributed by atoms with Crippen LogP contribution >= 0.6 is 0 Å². The number of anilines is 4. The highest BCUT2D eigenvalue weighted by Crippen LogP contribution is 2.39. The van der Waals surface area contributed by atoms with Crippen molar-refractivity contribution in [3.63, 3.8) is 0 Å². The van der Waals surface area contributed by atoms with Crippen molar-refractivity contribution in [1.29, 1.82) is 0 Å². The number of ether oxygens (including phenoxy) is 1. The maximum atomic E-state index is 13.3. The maximum Gasteiger partial charge on any atom is 0.251 e. The van der Waals surface area contributed by atoms with E-state index in [9.17, 15) is 9.59 Å². The normalized spacial score (nSPS) is 24.2. The second kappa shape index (κ2) is 13.7. The molecule has 3 fully saturated rings. The van der Waals surface area contributed by atoms with Crippen molar-refractivity contribution in [3.8, 4) is 5.75 Å². The number of nitrogens with one attached hydrogen (secondary N) is 2. The molecule has 0 spiro atoms. The molecule has 46 heavy (non-hydrogen) atoms. The summed E-state index contributed by atoms with van der Waals surface area (Å²) in [5, 5.41) is 6.60. The first-order valence-electron chi connectivity index (χ1n) is 17.3. The second-order valence-corrected chi connectivity index (χ2v) is 13.9. The number of likely N-dealkylation sites (N-methyl/N-ethyl adjacent to an activating group) is 1. The molecule has 2 N–H and O–H groups in total. The SMILES string of the molecule is CC[C@H]1C(=O)N(C)c2c(C)nc(Nc3ccc(C(=O)NC4CCC(N5CCN(CC6CC6)CC5)CC4)cc3OC)nc2N1C(C)C. The maximum absolute atomic E-state index is 13.3. The molecule has 0 bridgehead atoms. The molecule has 1 atom stereocenters. The van der Waals surface area contributed by atoms with Crippen LogP contribution in [-0.4, -0.2) is 103 Å². The molecule has 3 heterocycles. The van der Waals surface area contributed by atoms with Gasteiger partial charge < -0.3 is 30.1 Å². The van der Waals surface area contributed by atoms with Gasteiger partial charge in [0, 0.05) is 63.5 Å². The van der Waals surface area contributed by atoms with E-state index in [1.54, 1.807) is 25.1 Å². The summed E-state index contributed by atoms with van der Waals surface area (Å²) >= 11 is 0. The predicted molar refractivity (Wildman–Crippen MR) is 182 cm³/mol. The highest BCUT2D eigenvalue weighted by molar-refractivity contribution is 6.05. The summed E-state index contributed by atoms with van der Waals surface area (Å²) in [6.45, 7) is 14.1. The van der Waals surface area contributed by atoms with Crippen molar-refractivity contribution in [3.05, 3.63) is 29.5 Å². The number of methoxy groups -OCH3 is 1. The Bertz CT molecular complexity index is 1410.